The molecule has 1 aliphatic carbocycles. The van der Waals surface area contributed by atoms with Gasteiger partial charge in [0.2, 0.25) is 0 Å². The molecule has 1 saturated heterocycles. The Kier molecular flexibility index (Phi) is 8.74. The fraction of sp³-hybridized carbons (Fsp3) is 0.323. The van der Waals surface area contributed by atoms with E-state index in [1.165, 1.54) is 0 Å². The highest BCUT2D eigenvalue weighted by Crippen LogP contribution is 2.42. The lowest BCUT2D eigenvalue weighted by molar-refractivity contribution is 0.108. The van der Waals surface area contributed by atoms with E-state index in [9.17, 15) is 9.18 Å². The maximum Gasteiger partial charge on any atom is 0.252 e. The van der Waals surface area contributed by atoms with E-state index in [1.54, 1.807) is 12.1 Å². The van der Waals surface area contributed by atoms with E-state index >= 15 is 0 Å². The first-order valence-corrected chi connectivity index (χ1v) is 14.1. The van der Waals surface area contributed by atoms with Gasteiger partial charge in [0, 0.05) is 35.2 Å². The molecule has 7 heteroatoms. The van der Waals surface area contributed by atoms with Crippen LogP contribution in [-0.2, 0) is 6.42 Å². The van der Waals surface area contributed by atoms with E-state index in [-0.39, 0.29) is 12.8 Å². The Bertz CT molecular complexity index is 1360. The first kappa shape index (κ1) is 27.2. The predicted octanol–water partition coefficient (Wildman–Crippen LogP) is 8.48. The van der Waals surface area contributed by atoms with E-state index in [2.05, 4.69) is 17.0 Å². The molecule has 1 aliphatic heterocycles. The summed E-state index contributed by atoms with van der Waals surface area (Å²) in [5, 5.41) is 0.747. The lowest BCUT2D eigenvalue weighted by atomic mass is 9.87. The largest absolute Gasteiger partial charge is 0.489 e. The van der Waals surface area contributed by atoms with Crippen molar-refractivity contribution in [2.24, 2.45) is 0 Å². The molecule has 198 valence electrons. The van der Waals surface area contributed by atoms with Gasteiger partial charge in [0.05, 0.1) is 6.67 Å². The average Bonchev–Trinajstić information content (AvgIpc) is 3.26. The van der Waals surface area contributed by atoms with Crippen molar-refractivity contribution >= 4 is 51.2 Å². The standard InChI is InChI=1S/C31H29Cl3FNO2/c32-23-8-12-27(29(33)18-23)28-4-1-3-21-17-22(31(34)37)7-11-26(21)30(28)20-5-9-24(10-6-20)38-25-13-16-36(19-25)15-2-14-35/h5-12,17-18,25H,1-4,13-16,19H2/t25-/m0/s1. The smallest absolute Gasteiger partial charge is 0.252 e. The first-order valence-electron chi connectivity index (χ1n) is 13.0. The van der Waals surface area contributed by atoms with Crippen LogP contribution in [0.4, 0.5) is 4.39 Å². The average molecular weight is 573 g/mol. The fourth-order valence-electron chi connectivity index (χ4n) is 5.52. The van der Waals surface area contributed by atoms with Crippen LogP contribution < -0.4 is 4.74 Å². The van der Waals surface area contributed by atoms with E-state index in [4.69, 9.17) is 39.5 Å². The molecule has 0 bridgehead atoms. The Morgan fingerprint density at radius 3 is 2.53 bits per heavy atom. The first-order chi connectivity index (χ1) is 18.4. The zero-order chi connectivity index (χ0) is 26.6. The number of hydrogen-bond acceptors (Lipinski definition) is 3. The van der Waals surface area contributed by atoms with Gasteiger partial charge in [-0.1, -0.05) is 47.5 Å². The van der Waals surface area contributed by atoms with Gasteiger partial charge < -0.3 is 4.74 Å². The number of benzene rings is 3. The number of nitrogens with zero attached hydrogens (tertiary/aromatic N) is 1. The summed E-state index contributed by atoms with van der Waals surface area (Å²) in [6.07, 6.45) is 4.17. The number of carbonyl (C=O) groups is 1. The third-order valence-electron chi connectivity index (χ3n) is 7.32. The van der Waals surface area contributed by atoms with Gasteiger partial charge in [-0.2, -0.15) is 0 Å². The normalized spacial score (nSPS) is 17.8. The Hall–Kier alpha value is -2.37. The number of fused-ring (bicyclic) bond motifs is 1. The molecule has 0 radical (unpaired) electrons. The van der Waals surface area contributed by atoms with E-state index in [1.807, 2.05) is 36.4 Å². The molecule has 1 fully saturated rings. The van der Waals surface area contributed by atoms with E-state index in [0.717, 1.165) is 84.5 Å². The molecule has 0 amide bonds. The molecular weight excluding hydrogens is 544 g/mol. The highest BCUT2D eigenvalue weighted by atomic mass is 35.5. The van der Waals surface area contributed by atoms with Gasteiger partial charge in [0.15, 0.2) is 0 Å². The van der Waals surface area contributed by atoms with Crippen LogP contribution in [0.5, 0.6) is 5.75 Å². The molecule has 1 atom stereocenters. The number of ether oxygens (including phenoxy) is 1. The molecule has 0 aromatic heterocycles. The van der Waals surface area contributed by atoms with Gasteiger partial charge in [-0.3, -0.25) is 14.1 Å². The van der Waals surface area contributed by atoms with Crippen molar-refractivity contribution < 1.29 is 13.9 Å². The summed E-state index contributed by atoms with van der Waals surface area (Å²) in [6, 6.07) is 19.5. The molecule has 1 heterocycles. The Balaban J connectivity index is 1.51. The number of carbonyl (C=O) groups excluding carboxylic acids is 1. The van der Waals surface area contributed by atoms with Gasteiger partial charge >= 0.3 is 0 Å². The molecule has 3 nitrogen and oxygen atoms in total. The molecular formula is C31H29Cl3FNO2. The van der Waals surface area contributed by atoms with Gasteiger partial charge in [0.25, 0.3) is 5.24 Å². The highest BCUT2D eigenvalue weighted by Gasteiger charge is 2.25. The number of rotatable bonds is 8. The second kappa shape index (κ2) is 12.2. The SMILES string of the molecule is O=C(Cl)c1ccc2c(c1)CCCC(c1ccc(Cl)cc1Cl)=C2c1ccc(O[C@H]2CCN(CCCF)C2)cc1. The van der Waals surface area contributed by atoms with Crippen molar-refractivity contribution in [3.8, 4) is 5.75 Å². The zero-order valence-corrected chi connectivity index (χ0v) is 23.3. The summed E-state index contributed by atoms with van der Waals surface area (Å²) < 4.78 is 18.8. The molecule has 5 rings (SSSR count). The minimum absolute atomic E-state index is 0.105. The third-order valence-corrected chi connectivity index (χ3v) is 8.08. The minimum atomic E-state index is -0.458. The Labute approximate surface area is 238 Å². The summed E-state index contributed by atoms with van der Waals surface area (Å²) in [7, 11) is 0. The number of alkyl halides is 1. The second-order valence-corrected chi connectivity index (χ2v) is 11.1. The van der Waals surface area contributed by atoms with Crippen LogP contribution in [0.2, 0.25) is 10.0 Å². The summed E-state index contributed by atoms with van der Waals surface area (Å²) in [6.45, 7) is 2.25. The molecule has 0 saturated carbocycles. The maximum atomic E-state index is 12.5. The zero-order valence-electron chi connectivity index (χ0n) is 21.0. The number of aryl methyl sites for hydroxylation is 1. The lowest BCUT2D eigenvalue weighted by Gasteiger charge is -2.19. The van der Waals surface area contributed by atoms with Crippen molar-refractivity contribution in [2.45, 2.75) is 38.2 Å². The minimum Gasteiger partial charge on any atom is -0.489 e. The molecule has 3 aromatic carbocycles. The summed E-state index contributed by atoms with van der Waals surface area (Å²) in [4.78, 5) is 14.1. The van der Waals surface area contributed by atoms with Gasteiger partial charge in [-0.25, -0.2) is 0 Å². The topological polar surface area (TPSA) is 29.5 Å². The second-order valence-electron chi connectivity index (χ2n) is 9.87. The van der Waals surface area contributed by atoms with Crippen LogP contribution in [0.25, 0.3) is 11.1 Å². The van der Waals surface area contributed by atoms with Crippen LogP contribution in [0.3, 0.4) is 0 Å². The van der Waals surface area contributed by atoms with Crippen molar-refractivity contribution in [3.05, 3.63) is 98.5 Å². The Morgan fingerprint density at radius 2 is 1.79 bits per heavy atom. The molecule has 0 unspecified atom stereocenters. The Morgan fingerprint density at radius 1 is 1.00 bits per heavy atom. The quantitative estimate of drug-likeness (QED) is 0.254. The van der Waals surface area contributed by atoms with Crippen LogP contribution in [-0.4, -0.2) is 42.6 Å². The van der Waals surface area contributed by atoms with Crippen molar-refractivity contribution in [2.75, 3.05) is 26.3 Å². The van der Waals surface area contributed by atoms with Gasteiger partial charge in [0.1, 0.15) is 11.9 Å². The number of halogens is 4. The van der Waals surface area contributed by atoms with E-state index < -0.39 is 5.24 Å². The molecule has 0 spiro atoms. The number of hydrogen-bond donors (Lipinski definition) is 0. The number of likely N-dealkylation sites (tertiary alicyclic amines) is 1. The van der Waals surface area contributed by atoms with Crippen LogP contribution in [0.15, 0.2) is 60.7 Å². The predicted molar refractivity (Wildman–Crippen MR) is 154 cm³/mol. The molecule has 3 aromatic rings. The van der Waals surface area contributed by atoms with Crippen LogP contribution in [0.1, 0.15) is 58.3 Å². The third kappa shape index (κ3) is 6.10. The molecule has 38 heavy (non-hydrogen) atoms. The monoisotopic (exact) mass is 571 g/mol. The van der Waals surface area contributed by atoms with Crippen LogP contribution >= 0.6 is 34.8 Å². The van der Waals surface area contributed by atoms with Crippen molar-refractivity contribution in [3.63, 3.8) is 0 Å². The summed E-state index contributed by atoms with van der Waals surface area (Å²) in [5.41, 5.74) is 6.88. The molecule has 0 N–H and O–H groups in total. The summed E-state index contributed by atoms with van der Waals surface area (Å²) in [5.74, 6) is 0.815. The van der Waals surface area contributed by atoms with Crippen molar-refractivity contribution in [1.82, 2.24) is 4.90 Å². The summed E-state index contributed by atoms with van der Waals surface area (Å²) >= 11 is 18.7. The highest BCUT2D eigenvalue weighted by molar-refractivity contribution is 6.67. The van der Waals surface area contributed by atoms with Gasteiger partial charge in [-0.05, 0) is 114 Å². The fourth-order valence-corrected chi connectivity index (χ4v) is 6.16. The van der Waals surface area contributed by atoms with Crippen molar-refractivity contribution in [1.29, 1.82) is 0 Å². The van der Waals surface area contributed by atoms with Gasteiger partial charge in [-0.15, -0.1) is 0 Å². The lowest BCUT2D eigenvalue weighted by Crippen LogP contribution is -2.26. The van der Waals surface area contributed by atoms with Crippen LogP contribution in [0, 0.1) is 0 Å². The maximum absolute atomic E-state index is 12.5. The van der Waals surface area contributed by atoms with E-state index in [0.29, 0.717) is 22.0 Å². The molecule has 2 aliphatic rings. The number of allylic oxidation sites excluding steroid dienone is 1.